The van der Waals surface area contributed by atoms with E-state index in [1.807, 2.05) is 17.7 Å². The van der Waals surface area contributed by atoms with Crippen molar-refractivity contribution in [3.8, 4) is 0 Å². The quantitative estimate of drug-likeness (QED) is 0.360. The summed E-state index contributed by atoms with van der Waals surface area (Å²) in [6, 6.07) is 0. The zero-order valence-corrected chi connectivity index (χ0v) is 9.75. The molecular formula is C12H21N2+. The van der Waals surface area contributed by atoms with Crippen LogP contribution >= 0.6 is 0 Å². The molecule has 0 heterocycles. The zero-order chi connectivity index (χ0) is 11.0. The van der Waals surface area contributed by atoms with E-state index in [0.717, 1.165) is 18.8 Å². The Morgan fingerprint density at radius 1 is 1.36 bits per heavy atom. The molecule has 2 heteroatoms. The summed E-state index contributed by atoms with van der Waals surface area (Å²) >= 11 is 0. The molecule has 0 unspecified atom stereocenters. The fourth-order valence-electron chi connectivity index (χ4n) is 0.832. The molecule has 0 saturated carbocycles. The molecule has 0 saturated heterocycles. The minimum Gasteiger partial charge on any atom is -0.119 e. The van der Waals surface area contributed by atoms with Crippen molar-refractivity contribution >= 4 is 0 Å². The first kappa shape index (κ1) is 12.8. The first-order valence-corrected chi connectivity index (χ1v) is 5.00. The van der Waals surface area contributed by atoms with Gasteiger partial charge in [-0.1, -0.05) is 18.7 Å². The lowest BCUT2D eigenvalue weighted by Crippen LogP contribution is -2.08. The number of rotatable bonds is 5. The summed E-state index contributed by atoms with van der Waals surface area (Å²) in [4.78, 5) is 0. The summed E-state index contributed by atoms with van der Waals surface area (Å²) < 4.78 is 2.03. The molecular weight excluding hydrogens is 172 g/mol. The zero-order valence-electron chi connectivity index (χ0n) is 9.75. The molecule has 0 radical (unpaired) electrons. The Bertz CT molecular complexity index is 266. The molecule has 0 aromatic rings. The Balaban J connectivity index is 4.48. The molecule has 2 nitrogen and oxygen atoms in total. The van der Waals surface area contributed by atoms with Crippen molar-refractivity contribution in [2.24, 2.45) is 5.11 Å². The van der Waals surface area contributed by atoms with E-state index in [0.29, 0.717) is 0 Å². The third kappa shape index (κ3) is 5.46. The van der Waals surface area contributed by atoms with Gasteiger partial charge in [-0.3, -0.25) is 0 Å². The largest absolute Gasteiger partial charge is 0.187 e. The van der Waals surface area contributed by atoms with Gasteiger partial charge in [-0.05, 0) is 44.5 Å². The van der Waals surface area contributed by atoms with Gasteiger partial charge in [0.25, 0.3) is 0 Å². The van der Waals surface area contributed by atoms with Gasteiger partial charge in [0.1, 0.15) is 5.70 Å². The SMILES string of the molecule is C=CC=CC[N+](CC)=NC(C)=C(C)C. The van der Waals surface area contributed by atoms with Crippen molar-refractivity contribution in [3.63, 3.8) is 0 Å². The molecule has 0 N–H and O–H groups in total. The first-order valence-electron chi connectivity index (χ1n) is 5.00. The topological polar surface area (TPSA) is 15.4 Å². The van der Waals surface area contributed by atoms with E-state index in [2.05, 4.69) is 38.5 Å². The van der Waals surface area contributed by atoms with E-state index in [9.17, 15) is 0 Å². The first-order chi connectivity index (χ1) is 6.61. The molecule has 0 fully saturated rings. The highest BCUT2D eigenvalue weighted by atomic mass is 15.3. The smallest absolute Gasteiger partial charge is 0.119 e. The Labute approximate surface area is 87.3 Å². The number of azo groups is 2. The van der Waals surface area contributed by atoms with Crippen LogP contribution in [-0.4, -0.2) is 17.8 Å². The van der Waals surface area contributed by atoms with E-state index < -0.39 is 0 Å². The van der Waals surface area contributed by atoms with Crippen LogP contribution < -0.4 is 0 Å². The molecule has 14 heavy (non-hydrogen) atoms. The van der Waals surface area contributed by atoms with Crippen molar-refractivity contribution in [2.75, 3.05) is 13.1 Å². The van der Waals surface area contributed by atoms with E-state index in [-0.39, 0.29) is 0 Å². The molecule has 0 bridgehead atoms. The predicted octanol–water partition coefficient (Wildman–Crippen LogP) is 3.53. The Morgan fingerprint density at radius 2 is 2.00 bits per heavy atom. The van der Waals surface area contributed by atoms with Crippen LogP contribution in [0.2, 0.25) is 0 Å². The molecule has 0 aromatic heterocycles. The second-order valence-corrected chi connectivity index (χ2v) is 3.35. The minimum atomic E-state index is 0.840. The second-order valence-electron chi connectivity index (χ2n) is 3.35. The molecule has 0 aliphatic carbocycles. The van der Waals surface area contributed by atoms with Crippen LogP contribution in [-0.2, 0) is 0 Å². The second kappa shape index (κ2) is 7.25. The van der Waals surface area contributed by atoms with Crippen molar-refractivity contribution in [3.05, 3.63) is 36.1 Å². The number of likely N-dealkylation sites (N-methyl/N-ethyl adjacent to an activating group) is 1. The number of hydrogen-bond acceptors (Lipinski definition) is 1. The predicted molar refractivity (Wildman–Crippen MR) is 61.5 cm³/mol. The molecule has 0 aliphatic rings. The van der Waals surface area contributed by atoms with Crippen LogP contribution in [0.4, 0.5) is 0 Å². The maximum absolute atomic E-state index is 4.49. The van der Waals surface area contributed by atoms with Crippen LogP contribution in [0.25, 0.3) is 0 Å². The molecule has 0 atom stereocenters. The van der Waals surface area contributed by atoms with Gasteiger partial charge < -0.3 is 0 Å². The summed E-state index contributed by atoms with van der Waals surface area (Å²) in [5.74, 6) is 0. The van der Waals surface area contributed by atoms with Crippen LogP contribution in [0.5, 0.6) is 0 Å². The monoisotopic (exact) mass is 193 g/mol. The lowest BCUT2D eigenvalue weighted by Gasteiger charge is -1.96. The van der Waals surface area contributed by atoms with E-state index >= 15 is 0 Å². The van der Waals surface area contributed by atoms with Gasteiger partial charge in [0.15, 0.2) is 13.1 Å². The fraction of sp³-hybridized carbons (Fsp3) is 0.500. The van der Waals surface area contributed by atoms with Crippen molar-refractivity contribution in [2.45, 2.75) is 27.7 Å². The molecule has 0 aromatic carbocycles. The average Bonchev–Trinajstić information content (AvgIpc) is 2.16. The Morgan fingerprint density at radius 3 is 2.43 bits per heavy atom. The van der Waals surface area contributed by atoms with Gasteiger partial charge in [-0.2, -0.15) is 0 Å². The van der Waals surface area contributed by atoms with Gasteiger partial charge in [0.2, 0.25) is 0 Å². The van der Waals surface area contributed by atoms with Gasteiger partial charge in [-0.25, -0.2) is 0 Å². The Hall–Kier alpha value is -1.18. The van der Waals surface area contributed by atoms with Crippen LogP contribution in [0.15, 0.2) is 41.2 Å². The fourth-order valence-corrected chi connectivity index (χ4v) is 0.832. The summed E-state index contributed by atoms with van der Waals surface area (Å²) in [6.07, 6.45) is 5.77. The lowest BCUT2D eigenvalue weighted by molar-refractivity contribution is -0.579. The lowest BCUT2D eigenvalue weighted by atomic mass is 10.3. The van der Waals surface area contributed by atoms with Gasteiger partial charge in [-0.15, -0.1) is 4.70 Å². The van der Waals surface area contributed by atoms with Crippen molar-refractivity contribution in [1.82, 2.24) is 0 Å². The normalized spacial score (nSPS) is 11.9. The van der Waals surface area contributed by atoms with Gasteiger partial charge in [0, 0.05) is 0 Å². The minimum absolute atomic E-state index is 0.840. The highest BCUT2D eigenvalue weighted by molar-refractivity contribution is 5.03. The highest BCUT2D eigenvalue weighted by Gasteiger charge is 2.00. The van der Waals surface area contributed by atoms with Crippen LogP contribution in [0, 0.1) is 0 Å². The highest BCUT2D eigenvalue weighted by Crippen LogP contribution is 2.03. The Kier molecular flexibility index (Phi) is 6.63. The third-order valence-corrected chi connectivity index (χ3v) is 1.97. The number of nitrogens with zero attached hydrogens (tertiary/aromatic N) is 2. The summed E-state index contributed by atoms with van der Waals surface area (Å²) in [7, 11) is 0. The van der Waals surface area contributed by atoms with Gasteiger partial charge >= 0.3 is 0 Å². The van der Waals surface area contributed by atoms with Crippen molar-refractivity contribution in [1.29, 1.82) is 0 Å². The molecule has 0 rings (SSSR count). The third-order valence-electron chi connectivity index (χ3n) is 1.97. The van der Waals surface area contributed by atoms with E-state index in [4.69, 9.17) is 0 Å². The van der Waals surface area contributed by atoms with Crippen LogP contribution in [0.1, 0.15) is 27.7 Å². The molecule has 0 amide bonds. The van der Waals surface area contributed by atoms with Crippen molar-refractivity contribution < 1.29 is 4.70 Å². The molecule has 0 aliphatic heterocycles. The summed E-state index contributed by atoms with van der Waals surface area (Å²) in [5, 5.41) is 4.49. The van der Waals surface area contributed by atoms with E-state index in [1.54, 1.807) is 6.08 Å². The maximum Gasteiger partial charge on any atom is 0.187 e. The standard InChI is InChI=1S/C12H21N2/c1-6-8-9-10-14(7-2)13-12(5)11(3)4/h6,8-9H,1,7,10H2,2-5H3/q+1. The van der Waals surface area contributed by atoms with E-state index in [1.165, 1.54) is 5.57 Å². The molecule has 78 valence electrons. The number of allylic oxidation sites excluding steroid dienone is 4. The molecule has 0 spiro atoms. The summed E-state index contributed by atoms with van der Waals surface area (Å²) in [5.41, 5.74) is 2.36. The van der Waals surface area contributed by atoms with Crippen LogP contribution in [0.3, 0.4) is 0 Å². The number of hydrogen-bond donors (Lipinski definition) is 0. The van der Waals surface area contributed by atoms with Gasteiger partial charge in [0.05, 0.1) is 0 Å². The summed E-state index contributed by atoms with van der Waals surface area (Å²) in [6.45, 7) is 13.7. The average molecular weight is 193 g/mol. The maximum atomic E-state index is 4.49.